The lowest BCUT2D eigenvalue weighted by Crippen LogP contribution is -2.41. The first kappa shape index (κ1) is 14.3. The monoisotopic (exact) mass is 304 g/mol. The van der Waals surface area contributed by atoms with Crippen molar-refractivity contribution in [2.75, 3.05) is 13.1 Å². The second-order valence-electron chi connectivity index (χ2n) is 5.40. The molecule has 1 amide bonds. The van der Waals surface area contributed by atoms with E-state index in [4.69, 9.17) is 0 Å². The smallest absolute Gasteiger partial charge is 0.273 e. The summed E-state index contributed by atoms with van der Waals surface area (Å²) < 4.78 is 2.23. The molecule has 2 aromatic rings. The molecule has 5 nitrogen and oxygen atoms in total. The third kappa shape index (κ3) is 2.85. The highest BCUT2D eigenvalue weighted by Crippen LogP contribution is 2.24. The summed E-state index contributed by atoms with van der Waals surface area (Å²) in [5.41, 5.74) is 0.583. The Balaban J connectivity index is 1.75. The van der Waals surface area contributed by atoms with Gasteiger partial charge in [0.15, 0.2) is 0 Å². The van der Waals surface area contributed by atoms with E-state index in [1.165, 1.54) is 11.3 Å². The molecule has 6 heteroatoms. The molecule has 112 valence electrons. The second kappa shape index (κ2) is 5.97. The van der Waals surface area contributed by atoms with Crippen LogP contribution in [0.1, 0.15) is 47.1 Å². The van der Waals surface area contributed by atoms with Crippen molar-refractivity contribution in [3.63, 3.8) is 0 Å². The fraction of sp³-hybridized carbons (Fsp3) is 0.533. The van der Waals surface area contributed by atoms with Gasteiger partial charge in [0.05, 0.1) is 11.0 Å². The van der Waals surface area contributed by atoms with Gasteiger partial charge in [-0.15, -0.1) is 11.3 Å². The average molecular weight is 304 g/mol. The molecule has 1 fully saturated rings. The molecule has 1 aliphatic rings. The Hall–Kier alpha value is -1.69. The van der Waals surface area contributed by atoms with Gasteiger partial charge in [0.1, 0.15) is 11.5 Å². The van der Waals surface area contributed by atoms with Gasteiger partial charge in [-0.25, -0.2) is 9.97 Å². The lowest BCUT2D eigenvalue weighted by Gasteiger charge is -2.33. The van der Waals surface area contributed by atoms with E-state index >= 15 is 0 Å². The van der Waals surface area contributed by atoms with Crippen LogP contribution in [-0.4, -0.2) is 38.4 Å². The van der Waals surface area contributed by atoms with Gasteiger partial charge in [-0.05, 0) is 19.8 Å². The number of aryl methyl sites for hydroxylation is 2. The van der Waals surface area contributed by atoms with Crippen LogP contribution in [-0.2, 0) is 6.42 Å². The summed E-state index contributed by atoms with van der Waals surface area (Å²) in [6.07, 6.45) is 6.93. The molecule has 2 aromatic heterocycles. The molecule has 3 heterocycles. The SMILES string of the molecule is CCc1nccn1C1CCCN(C(=O)c2csc(C)n2)C1. The topological polar surface area (TPSA) is 51.0 Å². The minimum Gasteiger partial charge on any atom is -0.335 e. The van der Waals surface area contributed by atoms with Crippen LogP contribution in [0.4, 0.5) is 0 Å². The lowest BCUT2D eigenvalue weighted by atomic mass is 10.0. The van der Waals surface area contributed by atoms with Crippen LogP contribution < -0.4 is 0 Å². The van der Waals surface area contributed by atoms with Crippen molar-refractivity contribution in [3.8, 4) is 0 Å². The Labute approximate surface area is 128 Å². The van der Waals surface area contributed by atoms with E-state index in [9.17, 15) is 4.79 Å². The minimum atomic E-state index is 0.0576. The molecule has 21 heavy (non-hydrogen) atoms. The molecule has 0 bridgehead atoms. The summed E-state index contributed by atoms with van der Waals surface area (Å²) in [7, 11) is 0. The number of thiazole rings is 1. The molecular weight excluding hydrogens is 284 g/mol. The van der Waals surface area contributed by atoms with Crippen molar-refractivity contribution in [1.29, 1.82) is 0 Å². The van der Waals surface area contributed by atoms with E-state index in [0.29, 0.717) is 11.7 Å². The normalized spacial score (nSPS) is 19.0. The molecule has 1 atom stereocenters. The molecule has 3 rings (SSSR count). The molecule has 1 unspecified atom stereocenters. The number of hydrogen-bond acceptors (Lipinski definition) is 4. The molecule has 0 radical (unpaired) electrons. The Morgan fingerprint density at radius 2 is 2.38 bits per heavy atom. The largest absolute Gasteiger partial charge is 0.335 e. The van der Waals surface area contributed by atoms with Gasteiger partial charge < -0.3 is 9.47 Å². The summed E-state index contributed by atoms with van der Waals surface area (Å²) in [5, 5.41) is 2.80. The Kier molecular flexibility index (Phi) is 4.05. The van der Waals surface area contributed by atoms with Crippen molar-refractivity contribution < 1.29 is 4.79 Å². The number of piperidine rings is 1. The molecule has 0 aromatic carbocycles. The number of carbonyl (C=O) groups excluding carboxylic acids is 1. The van der Waals surface area contributed by atoms with Crippen molar-refractivity contribution in [1.82, 2.24) is 19.4 Å². The van der Waals surface area contributed by atoms with Crippen molar-refractivity contribution in [2.24, 2.45) is 0 Å². The van der Waals surface area contributed by atoms with E-state index in [1.54, 1.807) is 0 Å². The highest BCUT2D eigenvalue weighted by atomic mass is 32.1. The van der Waals surface area contributed by atoms with Crippen molar-refractivity contribution in [3.05, 3.63) is 34.3 Å². The molecule has 0 N–H and O–H groups in total. The van der Waals surface area contributed by atoms with Gasteiger partial charge in [-0.3, -0.25) is 4.79 Å². The van der Waals surface area contributed by atoms with Crippen LogP contribution in [0.2, 0.25) is 0 Å². The number of carbonyl (C=O) groups is 1. The zero-order valence-corrected chi connectivity index (χ0v) is 13.3. The number of rotatable bonds is 3. The maximum atomic E-state index is 12.5. The number of nitrogens with zero attached hydrogens (tertiary/aromatic N) is 4. The molecular formula is C15H20N4OS. The third-order valence-electron chi connectivity index (χ3n) is 3.98. The van der Waals surface area contributed by atoms with Gasteiger partial charge in [-0.2, -0.15) is 0 Å². The first-order valence-electron chi connectivity index (χ1n) is 7.42. The van der Waals surface area contributed by atoms with Crippen LogP contribution >= 0.6 is 11.3 Å². The number of hydrogen-bond donors (Lipinski definition) is 0. The third-order valence-corrected chi connectivity index (χ3v) is 4.75. The van der Waals surface area contributed by atoms with Crippen LogP contribution in [0.3, 0.4) is 0 Å². The van der Waals surface area contributed by atoms with Crippen molar-refractivity contribution in [2.45, 2.75) is 39.2 Å². The summed E-state index contributed by atoms with van der Waals surface area (Å²) in [6.45, 7) is 5.61. The molecule has 0 saturated carbocycles. The molecule has 1 saturated heterocycles. The van der Waals surface area contributed by atoms with E-state index in [0.717, 1.165) is 43.2 Å². The van der Waals surface area contributed by atoms with Crippen LogP contribution in [0.25, 0.3) is 0 Å². The quantitative estimate of drug-likeness (QED) is 0.876. The van der Waals surface area contributed by atoms with Gasteiger partial charge in [0.2, 0.25) is 0 Å². The van der Waals surface area contributed by atoms with Crippen LogP contribution in [0.5, 0.6) is 0 Å². The summed E-state index contributed by atoms with van der Waals surface area (Å²) >= 11 is 1.53. The zero-order chi connectivity index (χ0) is 14.8. The fourth-order valence-corrected chi connectivity index (χ4v) is 3.53. The van der Waals surface area contributed by atoms with E-state index in [1.807, 2.05) is 29.6 Å². The van der Waals surface area contributed by atoms with Crippen molar-refractivity contribution >= 4 is 17.2 Å². The Morgan fingerprint density at radius 3 is 3.10 bits per heavy atom. The Morgan fingerprint density at radius 1 is 1.52 bits per heavy atom. The molecule has 0 aliphatic carbocycles. The molecule has 0 spiro atoms. The first-order valence-corrected chi connectivity index (χ1v) is 8.30. The number of imidazole rings is 1. The zero-order valence-electron chi connectivity index (χ0n) is 12.5. The predicted octanol–water partition coefficient (Wildman–Crippen LogP) is 2.69. The average Bonchev–Trinajstić information content (AvgIpc) is 3.15. The summed E-state index contributed by atoms with van der Waals surface area (Å²) in [6, 6.07) is 0.333. The first-order chi connectivity index (χ1) is 10.2. The minimum absolute atomic E-state index is 0.0576. The van der Waals surface area contributed by atoms with E-state index in [-0.39, 0.29) is 5.91 Å². The fourth-order valence-electron chi connectivity index (χ4n) is 2.94. The summed E-state index contributed by atoms with van der Waals surface area (Å²) in [4.78, 5) is 23.2. The maximum absolute atomic E-state index is 12.5. The standard InChI is InChI=1S/C15H20N4OS/c1-3-14-16-6-8-19(14)12-5-4-7-18(9-12)15(20)13-10-21-11(2)17-13/h6,8,10,12H,3-5,7,9H2,1-2H3. The van der Waals surface area contributed by atoms with Crippen LogP contribution in [0.15, 0.2) is 17.8 Å². The maximum Gasteiger partial charge on any atom is 0.273 e. The Bertz CT molecular complexity index is 633. The van der Waals surface area contributed by atoms with Gasteiger partial charge in [-0.1, -0.05) is 6.92 Å². The lowest BCUT2D eigenvalue weighted by molar-refractivity contribution is 0.0672. The molecule has 1 aliphatic heterocycles. The van der Waals surface area contributed by atoms with E-state index < -0.39 is 0 Å². The summed E-state index contributed by atoms with van der Waals surface area (Å²) in [5.74, 6) is 1.15. The number of likely N-dealkylation sites (tertiary alicyclic amines) is 1. The highest BCUT2D eigenvalue weighted by molar-refractivity contribution is 7.09. The van der Waals surface area contributed by atoms with Gasteiger partial charge in [0.25, 0.3) is 5.91 Å². The van der Waals surface area contributed by atoms with Crippen LogP contribution in [0, 0.1) is 6.92 Å². The predicted molar refractivity (Wildman–Crippen MR) is 82.6 cm³/mol. The number of amides is 1. The van der Waals surface area contributed by atoms with Gasteiger partial charge >= 0.3 is 0 Å². The van der Waals surface area contributed by atoms with Gasteiger partial charge in [0, 0.05) is 37.3 Å². The second-order valence-corrected chi connectivity index (χ2v) is 6.47. The highest BCUT2D eigenvalue weighted by Gasteiger charge is 2.27. The number of aromatic nitrogens is 3. The van der Waals surface area contributed by atoms with E-state index in [2.05, 4.69) is 21.5 Å².